The molecule has 0 aromatic rings. The molecule has 23 heavy (non-hydrogen) atoms. The topological polar surface area (TPSA) is 94.8 Å². The smallest absolute Gasteiger partial charge is 0.206 e. The minimum absolute atomic E-state index is 0.131. The number of Topliss-reactive ketones (excluding diaryl/α,β-unsaturated/α-hetero) is 2. The summed E-state index contributed by atoms with van der Waals surface area (Å²) >= 11 is 2.02. The molecular formula is C17H25IO5. The van der Waals surface area contributed by atoms with Gasteiger partial charge in [-0.3, -0.25) is 9.59 Å². The number of hydrogen-bond acceptors (Lipinski definition) is 5. The zero-order valence-corrected chi connectivity index (χ0v) is 15.9. The third kappa shape index (κ3) is 5.48. The molecule has 0 saturated heterocycles. The van der Waals surface area contributed by atoms with Crippen molar-refractivity contribution in [2.24, 2.45) is 11.8 Å². The van der Waals surface area contributed by atoms with Crippen LogP contribution in [0.5, 0.6) is 0 Å². The summed E-state index contributed by atoms with van der Waals surface area (Å²) in [6.07, 6.45) is 1.02. The fourth-order valence-electron chi connectivity index (χ4n) is 2.72. The standard InChI is InChI=1S/C17H25IO5/c1-10-4-5-14(21)17(3,23)7-6-12(19)8-13(20)16(22)15(10)11(2)9-18/h4-5,9-10,12,14-15,19,21,23H,6-8H2,1-3H3/b5-4+,11-9+/t10-,12+,14-,15-,17+/m0/s1. The van der Waals surface area contributed by atoms with Gasteiger partial charge in [0.05, 0.1) is 17.6 Å². The Bertz CT molecular complexity index is 509. The summed E-state index contributed by atoms with van der Waals surface area (Å²) in [5.74, 6) is -2.05. The molecule has 3 N–H and O–H groups in total. The van der Waals surface area contributed by atoms with E-state index in [0.717, 1.165) is 5.57 Å². The molecular weight excluding hydrogens is 411 g/mol. The number of carbonyl (C=O) groups is 2. The molecule has 6 heteroatoms. The normalized spacial score (nSPS) is 39.5. The number of ketones is 2. The fraction of sp³-hybridized carbons (Fsp3) is 0.647. The summed E-state index contributed by atoms with van der Waals surface area (Å²) in [7, 11) is 0. The number of hydrogen-bond donors (Lipinski definition) is 3. The predicted octanol–water partition coefficient (Wildman–Crippen LogP) is 1.93. The van der Waals surface area contributed by atoms with Crippen molar-refractivity contribution in [1.29, 1.82) is 0 Å². The SMILES string of the molecule is C/C(=C\I)[C@H]1C(=O)C(=O)C[C@H](O)CC[C@@](C)(O)[C@@H](O)/C=C/[C@@H]1C. The van der Waals surface area contributed by atoms with Crippen molar-refractivity contribution in [2.75, 3.05) is 0 Å². The first-order chi connectivity index (χ1) is 10.6. The van der Waals surface area contributed by atoms with Gasteiger partial charge < -0.3 is 15.3 Å². The van der Waals surface area contributed by atoms with E-state index in [1.165, 1.54) is 13.0 Å². The first-order valence-electron chi connectivity index (χ1n) is 7.71. The third-order valence-electron chi connectivity index (χ3n) is 4.38. The molecule has 130 valence electrons. The number of aliphatic hydroxyl groups is 3. The fourth-order valence-corrected chi connectivity index (χ4v) is 3.11. The largest absolute Gasteiger partial charge is 0.393 e. The first kappa shape index (κ1) is 20.5. The molecule has 1 aliphatic carbocycles. The van der Waals surface area contributed by atoms with Crippen molar-refractivity contribution >= 4 is 34.2 Å². The minimum Gasteiger partial charge on any atom is -0.393 e. The van der Waals surface area contributed by atoms with Gasteiger partial charge in [-0.05, 0) is 36.7 Å². The Balaban J connectivity index is 3.22. The summed E-state index contributed by atoms with van der Waals surface area (Å²) in [6, 6.07) is 0. The lowest BCUT2D eigenvalue weighted by molar-refractivity contribution is -0.140. The molecule has 0 saturated carbocycles. The van der Waals surface area contributed by atoms with Gasteiger partial charge >= 0.3 is 0 Å². The molecule has 0 aromatic heterocycles. The average molecular weight is 436 g/mol. The third-order valence-corrected chi connectivity index (χ3v) is 5.37. The second-order valence-corrected chi connectivity index (χ2v) is 7.18. The lowest BCUT2D eigenvalue weighted by Gasteiger charge is -2.29. The highest BCUT2D eigenvalue weighted by Gasteiger charge is 2.34. The highest BCUT2D eigenvalue weighted by molar-refractivity contribution is 14.1. The summed E-state index contributed by atoms with van der Waals surface area (Å²) in [5.41, 5.74) is -0.637. The van der Waals surface area contributed by atoms with Crippen LogP contribution in [0.3, 0.4) is 0 Å². The molecule has 0 unspecified atom stereocenters. The summed E-state index contributed by atoms with van der Waals surface area (Å²) in [5, 5.41) is 30.4. The van der Waals surface area contributed by atoms with Gasteiger partial charge in [-0.1, -0.05) is 47.2 Å². The number of halogens is 1. The Morgan fingerprint density at radius 1 is 1.35 bits per heavy atom. The van der Waals surface area contributed by atoms with Crippen LogP contribution in [0.25, 0.3) is 0 Å². The maximum absolute atomic E-state index is 12.5. The van der Waals surface area contributed by atoms with Crippen molar-refractivity contribution in [3.8, 4) is 0 Å². The number of carbonyl (C=O) groups excluding carboxylic acids is 2. The van der Waals surface area contributed by atoms with Crippen LogP contribution in [0.2, 0.25) is 0 Å². The van der Waals surface area contributed by atoms with E-state index in [4.69, 9.17) is 0 Å². The van der Waals surface area contributed by atoms with Gasteiger partial charge in [-0.25, -0.2) is 0 Å². The Morgan fingerprint density at radius 2 is 1.96 bits per heavy atom. The van der Waals surface area contributed by atoms with Crippen molar-refractivity contribution in [3.63, 3.8) is 0 Å². The molecule has 0 aromatic carbocycles. The number of allylic oxidation sites excluding steroid dienone is 2. The molecule has 0 radical (unpaired) electrons. The molecule has 0 spiro atoms. The maximum Gasteiger partial charge on any atom is 0.206 e. The highest BCUT2D eigenvalue weighted by Crippen LogP contribution is 2.28. The van der Waals surface area contributed by atoms with E-state index in [0.29, 0.717) is 0 Å². The van der Waals surface area contributed by atoms with Crippen LogP contribution in [0.4, 0.5) is 0 Å². The maximum atomic E-state index is 12.5. The minimum atomic E-state index is -1.40. The lowest BCUT2D eigenvalue weighted by atomic mass is 9.80. The van der Waals surface area contributed by atoms with Crippen LogP contribution in [0, 0.1) is 11.8 Å². The van der Waals surface area contributed by atoms with Gasteiger partial charge in [-0.2, -0.15) is 0 Å². The Hall–Kier alpha value is -0.570. The van der Waals surface area contributed by atoms with Crippen molar-refractivity contribution < 1.29 is 24.9 Å². The molecule has 0 amide bonds. The second-order valence-electron chi connectivity index (χ2n) is 6.56. The first-order valence-corrected chi connectivity index (χ1v) is 8.95. The lowest BCUT2D eigenvalue weighted by Crippen LogP contribution is -2.40. The van der Waals surface area contributed by atoms with Gasteiger partial charge in [0.2, 0.25) is 11.6 Å². The van der Waals surface area contributed by atoms with Gasteiger partial charge in [0.15, 0.2) is 0 Å². The van der Waals surface area contributed by atoms with Crippen LogP contribution in [0.15, 0.2) is 21.8 Å². The molecule has 0 heterocycles. The van der Waals surface area contributed by atoms with Gasteiger partial charge in [0.1, 0.15) is 6.10 Å². The van der Waals surface area contributed by atoms with Crippen LogP contribution in [-0.4, -0.2) is 44.7 Å². The Morgan fingerprint density at radius 3 is 2.52 bits per heavy atom. The van der Waals surface area contributed by atoms with Gasteiger partial charge in [0.25, 0.3) is 0 Å². The zero-order valence-electron chi connectivity index (χ0n) is 13.7. The van der Waals surface area contributed by atoms with Crippen LogP contribution < -0.4 is 0 Å². The quantitative estimate of drug-likeness (QED) is 0.332. The van der Waals surface area contributed by atoms with E-state index in [1.807, 2.05) is 22.6 Å². The predicted molar refractivity (Wildman–Crippen MR) is 96.1 cm³/mol. The van der Waals surface area contributed by atoms with E-state index in [9.17, 15) is 24.9 Å². The van der Waals surface area contributed by atoms with Gasteiger partial charge in [-0.15, -0.1) is 0 Å². The summed E-state index contributed by atoms with van der Waals surface area (Å²) in [6.45, 7) is 5.06. The van der Waals surface area contributed by atoms with E-state index < -0.39 is 35.3 Å². The summed E-state index contributed by atoms with van der Waals surface area (Å²) in [4.78, 5) is 24.6. The number of rotatable bonds is 1. The van der Waals surface area contributed by atoms with E-state index in [-0.39, 0.29) is 25.2 Å². The van der Waals surface area contributed by atoms with Crippen LogP contribution in [0.1, 0.15) is 40.0 Å². The average Bonchev–Trinajstić information content (AvgIpc) is 2.49. The second kappa shape index (κ2) is 8.50. The van der Waals surface area contributed by atoms with E-state index in [1.54, 1.807) is 24.0 Å². The van der Waals surface area contributed by atoms with Gasteiger partial charge in [0, 0.05) is 6.42 Å². The number of aliphatic hydroxyl groups excluding tert-OH is 2. The summed E-state index contributed by atoms with van der Waals surface area (Å²) < 4.78 is 1.76. The molecule has 1 rings (SSSR count). The van der Waals surface area contributed by atoms with E-state index >= 15 is 0 Å². The van der Waals surface area contributed by atoms with Crippen molar-refractivity contribution in [3.05, 3.63) is 21.8 Å². The molecule has 0 aliphatic heterocycles. The molecule has 1 aliphatic rings. The van der Waals surface area contributed by atoms with Crippen molar-refractivity contribution in [1.82, 2.24) is 0 Å². The monoisotopic (exact) mass is 436 g/mol. The molecule has 5 nitrogen and oxygen atoms in total. The van der Waals surface area contributed by atoms with E-state index in [2.05, 4.69) is 0 Å². The molecule has 0 fully saturated rings. The van der Waals surface area contributed by atoms with Crippen molar-refractivity contribution in [2.45, 2.75) is 57.8 Å². The Labute approximate surface area is 150 Å². The molecule has 0 bridgehead atoms. The van der Waals surface area contributed by atoms with Crippen LogP contribution >= 0.6 is 22.6 Å². The van der Waals surface area contributed by atoms with Crippen LogP contribution in [-0.2, 0) is 9.59 Å². The zero-order chi connectivity index (χ0) is 17.8. The molecule has 5 atom stereocenters. The Kier molecular flexibility index (Phi) is 7.57. The highest BCUT2D eigenvalue weighted by atomic mass is 127.